The van der Waals surface area contributed by atoms with Gasteiger partial charge in [0.05, 0.1) is 6.07 Å². The van der Waals surface area contributed by atoms with Crippen molar-refractivity contribution in [3.63, 3.8) is 0 Å². The summed E-state index contributed by atoms with van der Waals surface area (Å²) in [5, 5.41) is 8.22. The number of nitriles is 1. The van der Waals surface area contributed by atoms with Crippen LogP contribution in [0.1, 0.15) is 25.7 Å². The molecule has 2 atom stereocenters. The highest BCUT2D eigenvalue weighted by Gasteiger charge is 2.07. The Morgan fingerprint density at radius 1 is 1.62 bits per heavy atom. The standard InChI is InChI=1S/C8H11NO3S/c1-2-8(12-13(10)11)6-4-3-5-7-9/h1,8H,3-6H2,(H,10,11). The average Bonchev–Trinajstić information content (AvgIpc) is 2.09. The minimum absolute atomic E-state index is 0.472. The van der Waals surface area contributed by atoms with Crippen LogP contribution in [-0.4, -0.2) is 14.9 Å². The van der Waals surface area contributed by atoms with Crippen LogP contribution >= 0.6 is 0 Å². The van der Waals surface area contributed by atoms with Gasteiger partial charge in [0, 0.05) is 6.42 Å². The molecule has 0 saturated carbocycles. The molecule has 0 aliphatic heterocycles. The van der Waals surface area contributed by atoms with Crippen molar-refractivity contribution in [1.82, 2.24) is 0 Å². The second-order valence-corrected chi connectivity index (χ2v) is 3.00. The molecule has 0 rings (SSSR count). The maximum Gasteiger partial charge on any atom is 0.303 e. The third-order valence-electron chi connectivity index (χ3n) is 1.39. The molecule has 2 unspecified atom stereocenters. The maximum atomic E-state index is 10.2. The Labute approximate surface area is 80.4 Å². The third kappa shape index (κ3) is 7.48. The summed E-state index contributed by atoms with van der Waals surface area (Å²) in [6.45, 7) is 0. The van der Waals surface area contributed by atoms with Gasteiger partial charge in [-0.3, -0.25) is 8.74 Å². The Bertz CT molecular complexity index is 241. The average molecular weight is 201 g/mol. The SMILES string of the molecule is C#CC(CCCCC#N)OS(=O)O. The van der Waals surface area contributed by atoms with E-state index in [-0.39, 0.29) is 0 Å². The Morgan fingerprint density at radius 2 is 2.31 bits per heavy atom. The quantitative estimate of drug-likeness (QED) is 0.398. The molecule has 0 bridgehead atoms. The summed E-state index contributed by atoms with van der Waals surface area (Å²) in [6, 6.07) is 2.00. The number of rotatable bonds is 6. The summed E-state index contributed by atoms with van der Waals surface area (Å²) >= 11 is -2.31. The fourth-order valence-corrected chi connectivity index (χ4v) is 1.14. The Kier molecular flexibility index (Phi) is 7.23. The van der Waals surface area contributed by atoms with Gasteiger partial charge < -0.3 is 0 Å². The van der Waals surface area contributed by atoms with Gasteiger partial charge in [-0.15, -0.1) is 6.42 Å². The number of unbranched alkanes of at least 4 members (excludes halogenated alkanes) is 2. The minimum atomic E-state index is -2.31. The molecule has 0 fully saturated rings. The lowest BCUT2D eigenvalue weighted by atomic mass is 10.1. The summed E-state index contributed by atoms with van der Waals surface area (Å²) in [7, 11) is 0. The smallest absolute Gasteiger partial charge is 0.284 e. The normalized spacial score (nSPS) is 14.1. The molecule has 0 amide bonds. The second-order valence-electron chi connectivity index (χ2n) is 2.37. The van der Waals surface area contributed by atoms with Crippen molar-refractivity contribution in [3.8, 4) is 18.4 Å². The largest absolute Gasteiger partial charge is 0.303 e. The number of terminal acetylenes is 1. The molecular formula is C8H11NO3S. The van der Waals surface area contributed by atoms with Crippen molar-refractivity contribution in [2.45, 2.75) is 31.8 Å². The topological polar surface area (TPSA) is 70.3 Å². The number of hydrogen-bond acceptors (Lipinski definition) is 3. The lowest BCUT2D eigenvalue weighted by molar-refractivity contribution is 0.242. The van der Waals surface area contributed by atoms with E-state index < -0.39 is 17.5 Å². The van der Waals surface area contributed by atoms with Crippen LogP contribution in [0.2, 0.25) is 0 Å². The highest BCUT2D eigenvalue weighted by Crippen LogP contribution is 2.06. The van der Waals surface area contributed by atoms with E-state index in [4.69, 9.17) is 16.2 Å². The van der Waals surface area contributed by atoms with Crippen LogP contribution in [0, 0.1) is 23.7 Å². The fourth-order valence-electron chi connectivity index (χ4n) is 0.792. The molecule has 0 aliphatic rings. The summed E-state index contributed by atoms with van der Waals surface area (Å²) in [6.07, 6.45) is 6.85. The Hall–Kier alpha value is -0.880. The molecule has 1 N–H and O–H groups in total. The highest BCUT2D eigenvalue weighted by atomic mass is 32.2. The van der Waals surface area contributed by atoms with Gasteiger partial charge in [0.25, 0.3) is 0 Å². The van der Waals surface area contributed by atoms with Crippen molar-refractivity contribution in [1.29, 1.82) is 5.26 Å². The molecule has 0 aromatic carbocycles. The van der Waals surface area contributed by atoms with Gasteiger partial charge in [-0.2, -0.15) is 9.47 Å². The summed E-state index contributed by atoms with van der Waals surface area (Å²) in [5.41, 5.74) is 0. The van der Waals surface area contributed by atoms with Gasteiger partial charge in [0.15, 0.2) is 0 Å². The van der Waals surface area contributed by atoms with E-state index in [1.165, 1.54) is 0 Å². The van der Waals surface area contributed by atoms with Crippen molar-refractivity contribution in [2.24, 2.45) is 0 Å². The first-order valence-corrected chi connectivity index (χ1v) is 4.85. The van der Waals surface area contributed by atoms with E-state index in [9.17, 15) is 4.21 Å². The molecule has 0 saturated heterocycles. The zero-order chi connectivity index (χ0) is 10.1. The lowest BCUT2D eigenvalue weighted by Gasteiger charge is -2.06. The van der Waals surface area contributed by atoms with Crippen LogP contribution < -0.4 is 0 Å². The van der Waals surface area contributed by atoms with Gasteiger partial charge in [-0.1, -0.05) is 5.92 Å². The Balaban J connectivity index is 3.57. The number of nitrogens with zero attached hydrogens (tertiary/aromatic N) is 1. The van der Waals surface area contributed by atoms with Crippen LogP contribution in [0.5, 0.6) is 0 Å². The van der Waals surface area contributed by atoms with Gasteiger partial charge in [-0.25, -0.2) is 0 Å². The molecule has 0 heterocycles. The molecule has 72 valence electrons. The second kappa shape index (κ2) is 7.75. The molecule has 0 aromatic heterocycles. The van der Waals surface area contributed by atoms with Crippen molar-refractivity contribution in [2.75, 3.05) is 0 Å². The molecule has 0 radical (unpaired) electrons. The van der Waals surface area contributed by atoms with Crippen LogP contribution in [0.3, 0.4) is 0 Å². The summed E-state index contributed by atoms with van der Waals surface area (Å²) in [4.78, 5) is 0. The highest BCUT2D eigenvalue weighted by molar-refractivity contribution is 7.74. The van der Waals surface area contributed by atoms with Gasteiger partial charge in [-0.05, 0) is 19.3 Å². The minimum Gasteiger partial charge on any atom is -0.284 e. The fraction of sp³-hybridized carbons (Fsp3) is 0.625. The van der Waals surface area contributed by atoms with E-state index in [1.54, 1.807) is 0 Å². The first-order chi connectivity index (χ1) is 6.20. The van der Waals surface area contributed by atoms with Crippen LogP contribution in [-0.2, 0) is 15.5 Å². The van der Waals surface area contributed by atoms with Crippen molar-refractivity contribution >= 4 is 11.4 Å². The van der Waals surface area contributed by atoms with E-state index >= 15 is 0 Å². The van der Waals surface area contributed by atoms with Crippen molar-refractivity contribution < 1.29 is 12.9 Å². The summed E-state index contributed by atoms with van der Waals surface area (Å²) in [5.74, 6) is 2.25. The third-order valence-corrected chi connectivity index (χ3v) is 1.79. The van der Waals surface area contributed by atoms with Crippen molar-refractivity contribution in [3.05, 3.63) is 0 Å². The molecular weight excluding hydrogens is 190 g/mol. The van der Waals surface area contributed by atoms with Gasteiger partial charge >= 0.3 is 11.4 Å². The first kappa shape index (κ1) is 12.1. The number of hydrogen-bond donors (Lipinski definition) is 1. The van der Waals surface area contributed by atoms with Gasteiger partial charge in [0.2, 0.25) is 0 Å². The molecule has 5 heteroatoms. The van der Waals surface area contributed by atoms with E-state index in [1.807, 2.05) is 6.07 Å². The molecule has 4 nitrogen and oxygen atoms in total. The molecule has 13 heavy (non-hydrogen) atoms. The predicted octanol–water partition coefficient (Wildman–Crippen LogP) is 1.23. The molecule has 0 aliphatic carbocycles. The van der Waals surface area contributed by atoms with E-state index in [0.717, 1.165) is 12.8 Å². The zero-order valence-electron chi connectivity index (χ0n) is 7.10. The molecule has 0 spiro atoms. The van der Waals surface area contributed by atoms with Crippen LogP contribution in [0.25, 0.3) is 0 Å². The van der Waals surface area contributed by atoms with E-state index in [2.05, 4.69) is 10.1 Å². The maximum absolute atomic E-state index is 10.2. The predicted molar refractivity (Wildman–Crippen MR) is 48.6 cm³/mol. The monoisotopic (exact) mass is 201 g/mol. The summed E-state index contributed by atoms with van der Waals surface area (Å²) < 4.78 is 23.0. The van der Waals surface area contributed by atoms with Crippen LogP contribution in [0.4, 0.5) is 0 Å². The van der Waals surface area contributed by atoms with Gasteiger partial charge in [0.1, 0.15) is 6.10 Å². The van der Waals surface area contributed by atoms with Crippen LogP contribution in [0.15, 0.2) is 0 Å². The molecule has 0 aromatic rings. The van der Waals surface area contributed by atoms with E-state index in [0.29, 0.717) is 12.8 Å². The lowest BCUT2D eigenvalue weighted by Crippen LogP contribution is -2.11. The first-order valence-electron chi connectivity index (χ1n) is 3.81. The zero-order valence-corrected chi connectivity index (χ0v) is 7.92. The Morgan fingerprint density at radius 3 is 2.77 bits per heavy atom.